The number of furan rings is 1. The average Bonchev–Trinajstić information content (AvgIpc) is 3.65. The molecule has 0 saturated heterocycles. The Kier molecular flexibility index (Phi) is 7.85. The van der Waals surface area contributed by atoms with Crippen LogP contribution in [0.25, 0.3) is 77.2 Å². The van der Waals surface area contributed by atoms with E-state index in [1.54, 1.807) is 0 Å². The zero-order valence-corrected chi connectivity index (χ0v) is 29.6. The fourth-order valence-corrected chi connectivity index (χ4v) is 7.82. The maximum Gasteiger partial charge on any atom is 0.145 e. The van der Waals surface area contributed by atoms with Crippen LogP contribution in [0.15, 0.2) is 217 Å². The van der Waals surface area contributed by atoms with Gasteiger partial charge in [-0.25, -0.2) is 0 Å². The molecule has 0 spiro atoms. The van der Waals surface area contributed by atoms with Crippen molar-refractivity contribution in [3.05, 3.63) is 212 Å². The summed E-state index contributed by atoms with van der Waals surface area (Å²) in [7, 11) is 0. The molecule has 0 unspecified atom stereocenters. The van der Waals surface area contributed by atoms with Crippen molar-refractivity contribution < 1.29 is 4.42 Å². The number of nitrogens with zero attached hydrogens (tertiary/aromatic N) is 1. The Morgan fingerprint density at radius 1 is 0.315 bits per heavy atom. The van der Waals surface area contributed by atoms with Gasteiger partial charge in [0, 0.05) is 22.3 Å². The number of benzene rings is 9. The zero-order chi connectivity index (χ0) is 35.8. The highest BCUT2D eigenvalue weighted by atomic mass is 16.3. The van der Waals surface area contributed by atoms with Crippen molar-refractivity contribution in [1.29, 1.82) is 0 Å². The third kappa shape index (κ3) is 5.62. The van der Waals surface area contributed by atoms with Crippen LogP contribution in [0.4, 0.5) is 17.1 Å². The van der Waals surface area contributed by atoms with Gasteiger partial charge in [-0.3, -0.25) is 0 Å². The largest absolute Gasteiger partial charge is 0.455 e. The van der Waals surface area contributed by atoms with Crippen molar-refractivity contribution >= 4 is 49.8 Å². The molecule has 10 rings (SSSR count). The normalized spacial score (nSPS) is 11.3. The molecule has 2 nitrogen and oxygen atoms in total. The van der Waals surface area contributed by atoms with E-state index in [2.05, 4.69) is 211 Å². The minimum absolute atomic E-state index is 0.870. The van der Waals surface area contributed by atoms with Gasteiger partial charge in [0.1, 0.15) is 11.2 Å². The van der Waals surface area contributed by atoms with Gasteiger partial charge in [-0.2, -0.15) is 0 Å². The first kappa shape index (κ1) is 31.6. The van der Waals surface area contributed by atoms with E-state index >= 15 is 0 Å². The minimum Gasteiger partial charge on any atom is -0.455 e. The molecule has 0 atom stereocenters. The molecular weight excluding hydrogens is 655 g/mol. The number of anilines is 3. The van der Waals surface area contributed by atoms with E-state index in [0.717, 1.165) is 50.1 Å². The van der Waals surface area contributed by atoms with Gasteiger partial charge in [0.2, 0.25) is 0 Å². The molecule has 1 aromatic heterocycles. The van der Waals surface area contributed by atoms with E-state index in [9.17, 15) is 0 Å². The Bertz CT molecular complexity index is 2880. The van der Waals surface area contributed by atoms with Gasteiger partial charge >= 0.3 is 0 Å². The minimum atomic E-state index is 0.870. The van der Waals surface area contributed by atoms with E-state index in [-0.39, 0.29) is 0 Å². The lowest BCUT2D eigenvalue weighted by molar-refractivity contribution is 0.670. The Hall–Kier alpha value is -7.16. The van der Waals surface area contributed by atoms with Crippen molar-refractivity contribution in [2.75, 3.05) is 4.90 Å². The topological polar surface area (TPSA) is 16.4 Å². The lowest BCUT2D eigenvalue weighted by Gasteiger charge is -2.27. The Morgan fingerprint density at radius 2 is 0.778 bits per heavy atom. The summed E-state index contributed by atoms with van der Waals surface area (Å²) in [6.07, 6.45) is 0. The second-order valence-electron chi connectivity index (χ2n) is 13.7. The van der Waals surface area contributed by atoms with Crippen LogP contribution in [-0.2, 0) is 0 Å². The fourth-order valence-electron chi connectivity index (χ4n) is 7.82. The maximum absolute atomic E-state index is 6.82. The standard InChI is InChI=1S/C52H35NO/c1-3-12-36(13-4-1)38-22-24-39(25-23-38)41-28-32-44(33-29-41)53(43-30-26-40(27-31-43)37-14-5-2-6-15-37)49-35-34-47(46-20-11-17-42-16-7-8-18-45(42)46)52-51(49)48-19-9-10-21-50(48)54-52/h1-35H. The van der Waals surface area contributed by atoms with Crippen molar-refractivity contribution in [3.8, 4) is 44.5 Å². The second-order valence-corrected chi connectivity index (χ2v) is 13.7. The summed E-state index contributed by atoms with van der Waals surface area (Å²) < 4.78 is 6.82. The van der Waals surface area contributed by atoms with Gasteiger partial charge in [-0.15, -0.1) is 0 Å². The van der Waals surface area contributed by atoms with Crippen LogP contribution in [0, 0.1) is 0 Å². The summed E-state index contributed by atoms with van der Waals surface area (Å²) in [4.78, 5) is 2.37. The van der Waals surface area contributed by atoms with Crippen molar-refractivity contribution in [1.82, 2.24) is 0 Å². The zero-order valence-electron chi connectivity index (χ0n) is 29.6. The molecule has 2 heteroatoms. The molecule has 0 aliphatic carbocycles. The van der Waals surface area contributed by atoms with Crippen LogP contribution in [0.5, 0.6) is 0 Å². The molecule has 54 heavy (non-hydrogen) atoms. The van der Waals surface area contributed by atoms with Crippen molar-refractivity contribution in [3.63, 3.8) is 0 Å². The van der Waals surface area contributed by atoms with E-state index in [4.69, 9.17) is 4.42 Å². The highest BCUT2D eigenvalue weighted by Crippen LogP contribution is 2.47. The van der Waals surface area contributed by atoms with E-state index in [1.807, 2.05) is 6.07 Å². The molecule has 0 bridgehead atoms. The Morgan fingerprint density at radius 3 is 1.37 bits per heavy atom. The van der Waals surface area contributed by atoms with Crippen LogP contribution < -0.4 is 4.90 Å². The first-order chi connectivity index (χ1) is 26.8. The SMILES string of the molecule is c1ccc(-c2ccc(-c3ccc(N(c4ccc(-c5ccccc5)cc4)c4ccc(-c5cccc6ccccc56)c5oc6ccccc6c45)cc3)cc2)cc1. The molecule has 0 aliphatic heterocycles. The van der Waals surface area contributed by atoms with Crippen molar-refractivity contribution in [2.45, 2.75) is 0 Å². The molecule has 1 heterocycles. The van der Waals surface area contributed by atoms with E-state index in [0.29, 0.717) is 0 Å². The predicted molar refractivity (Wildman–Crippen MR) is 228 cm³/mol. The lowest BCUT2D eigenvalue weighted by atomic mass is 9.95. The van der Waals surface area contributed by atoms with Crippen LogP contribution in [0.3, 0.4) is 0 Å². The highest BCUT2D eigenvalue weighted by molar-refractivity contribution is 6.18. The summed E-state index contributed by atoms with van der Waals surface area (Å²) in [5.41, 5.74) is 14.3. The van der Waals surface area contributed by atoms with E-state index < -0.39 is 0 Å². The number of hydrogen-bond donors (Lipinski definition) is 0. The molecule has 0 saturated carbocycles. The lowest BCUT2D eigenvalue weighted by Crippen LogP contribution is -2.10. The van der Waals surface area contributed by atoms with Gasteiger partial charge < -0.3 is 9.32 Å². The fraction of sp³-hybridized carbons (Fsp3) is 0. The molecule has 0 aliphatic rings. The number of hydrogen-bond acceptors (Lipinski definition) is 2. The smallest absolute Gasteiger partial charge is 0.145 e. The molecule has 10 aromatic rings. The molecule has 9 aromatic carbocycles. The van der Waals surface area contributed by atoms with Crippen molar-refractivity contribution in [2.24, 2.45) is 0 Å². The Labute approximate surface area is 314 Å². The van der Waals surface area contributed by atoms with Gasteiger partial charge in [0.05, 0.1) is 11.1 Å². The quantitative estimate of drug-likeness (QED) is 0.166. The second kappa shape index (κ2) is 13.4. The predicted octanol–water partition coefficient (Wildman–Crippen LogP) is 14.9. The van der Waals surface area contributed by atoms with E-state index in [1.165, 1.54) is 44.2 Å². The molecule has 0 amide bonds. The summed E-state index contributed by atoms with van der Waals surface area (Å²) >= 11 is 0. The Balaban J connectivity index is 1.14. The monoisotopic (exact) mass is 689 g/mol. The first-order valence-corrected chi connectivity index (χ1v) is 18.4. The third-order valence-electron chi connectivity index (χ3n) is 10.5. The van der Waals surface area contributed by atoms with Gasteiger partial charge in [0.25, 0.3) is 0 Å². The molecule has 254 valence electrons. The number of fused-ring (bicyclic) bond motifs is 4. The van der Waals surface area contributed by atoms with Crippen LogP contribution in [0.2, 0.25) is 0 Å². The number of para-hydroxylation sites is 1. The maximum atomic E-state index is 6.82. The van der Waals surface area contributed by atoms with Crippen LogP contribution in [-0.4, -0.2) is 0 Å². The van der Waals surface area contributed by atoms with Gasteiger partial charge in [0.15, 0.2) is 0 Å². The van der Waals surface area contributed by atoms with Gasteiger partial charge in [-0.1, -0.05) is 170 Å². The number of rotatable bonds is 7. The summed E-state index contributed by atoms with van der Waals surface area (Å²) in [5, 5.41) is 4.59. The van der Waals surface area contributed by atoms with Crippen LogP contribution >= 0.6 is 0 Å². The third-order valence-corrected chi connectivity index (χ3v) is 10.5. The highest BCUT2D eigenvalue weighted by Gasteiger charge is 2.23. The summed E-state index contributed by atoms with van der Waals surface area (Å²) in [5.74, 6) is 0. The molecule has 0 radical (unpaired) electrons. The summed E-state index contributed by atoms with van der Waals surface area (Å²) in [6.45, 7) is 0. The molecule has 0 fully saturated rings. The first-order valence-electron chi connectivity index (χ1n) is 18.4. The molecule has 0 N–H and O–H groups in total. The summed E-state index contributed by atoms with van der Waals surface area (Å²) in [6, 6.07) is 75.7. The van der Waals surface area contributed by atoms with Gasteiger partial charge in [-0.05, 0) is 92.2 Å². The average molecular weight is 690 g/mol. The molecular formula is C52H35NO. The van der Waals surface area contributed by atoms with Crippen LogP contribution in [0.1, 0.15) is 0 Å².